The first kappa shape index (κ1) is 16.2. The van der Waals surface area contributed by atoms with E-state index in [1.165, 1.54) is 11.8 Å². The number of hydrogen-bond acceptors (Lipinski definition) is 4. The van der Waals surface area contributed by atoms with Crippen molar-refractivity contribution in [2.24, 2.45) is 5.11 Å². The van der Waals surface area contributed by atoms with Gasteiger partial charge in [0.1, 0.15) is 12.5 Å². The predicted octanol–water partition coefficient (Wildman–Crippen LogP) is 2.32. The summed E-state index contributed by atoms with van der Waals surface area (Å²) in [7, 11) is 1.43. The van der Waals surface area contributed by atoms with E-state index in [0.29, 0.717) is 17.8 Å². The number of fused-ring (bicyclic) bond motifs is 1. The van der Waals surface area contributed by atoms with Gasteiger partial charge in [-0.2, -0.15) is 4.68 Å². The highest BCUT2D eigenvalue weighted by Crippen LogP contribution is 2.24. The topological polar surface area (TPSA) is 97.8 Å². The quantitative estimate of drug-likeness (QED) is 0.461. The summed E-state index contributed by atoms with van der Waals surface area (Å²) in [6.45, 7) is -0.125. The Labute approximate surface area is 137 Å². The molecular formula is C15H17FN6O2. The maximum atomic E-state index is 13.1. The fraction of sp³-hybridized carbons (Fsp3) is 0.467. The van der Waals surface area contributed by atoms with Crippen LogP contribution in [0, 0.1) is 0 Å². The molecule has 8 nitrogen and oxygen atoms in total. The van der Waals surface area contributed by atoms with Gasteiger partial charge in [-0.25, -0.2) is 4.79 Å². The summed E-state index contributed by atoms with van der Waals surface area (Å²) in [4.78, 5) is 15.0. The summed E-state index contributed by atoms with van der Waals surface area (Å²) >= 11 is 0. The Morgan fingerprint density at radius 1 is 1.46 bits per heavy atom. The van der Waals surface area contributed by atoms with E-state index in [9.17, 15) is 9.18 Å². The Bertz CT molecular complexity index is 821. The van der Waals surface area contributed by atoms with Crippen LogP contribution in [0.1, 0.15) is 23.9 Å². The molecule has 9 heteroatoms. The van der Waals surface area contributed by atoms with Crippen LogP contribution in [0.25, 0.3) is 16.1 Å². The second-order valence-electron chi connectivity index (χ2n) is 5.54. The number of azide groups is 1. The summed E-state index contributed by atoms with van der Waals surface area (Å²) in [5.74, 6) is 0.791. The number of nitrogens with zero attached hydrogens (tertiary/aromatic N) is 6. The maximum absolute atomic E-state index is 13.1. The molecular weight excluding hydrogens is 315 g/mol. The lowest BCUT2D eigenvalue weighted by atomic mass is 10.0. The molecule has 1 aliphatic rings. The molecule has 24 heavy (non-hydrogen) atoms. The molecule has 2 atom stereocenters. The van der Waals surface area contributed by atoms with Crippen LogP contribution in [0.15, 0.2) is 34.2 Å². The third-order valence-electron chi connectivity index (χ3n) is 4.15. The van der Waals surface area contributed by atoms with Gasteiger partial charge >= 0.3 is 5.69 Å². The predicted molar refractivity (Wildman–Crippen MR) is 84.8 cm³/mol. The van der Waals surface area contributed by atoms with Crippen LogP contribution < -0.4 is 5.69 Å². The molecule has 0 unspecified atom stereocenters. The summed E-state index contributed by atoms with van der Waals surface area (Å²) in [6, 6.07) is 5.93. The molecule has 0 N–H and O–H groups in total. The van der Waals surface area contributed by atoms with E-state index in [1.807, 2.05) is 0 Å². The number of rotatable bonds is 6. The molecule has 2 aromatic rings. The standard InChI is InChI=1S/C15H17FN6O2/c1-24-14(12(9-16)18-20-17)10-4-6-11(7-5-10)22-15(23)21-8-2-3-13(21)19-22/h4-7,12,14H,2-3,8-9H2,1H3/t12-,14-/m1/s1. The van der Waals surface area contributed by atoms with Gasteiger partial charge < -0.3 is 4.74 Å². The van der Waals surface area contributed by atoms with Crippen molar-refractivity contribution < 1.29 is 9.13 Å². The molecule has 1 aromatic carbocycles. The van der Waals surface area contributed by atoms with E-state index in [0.717, 1.165) is 18.7 Å². The molecule has 126 valence electrons. The summed E-state index contributed by atoms with van der Waals surface area (Å²) in [6.07, 6.45) is 1.05. The van der Waals surface area contributed by atoms with Gasteiger partial charge in [-0.15, -0.1) is 5.10 Å². The minimum Gasteiger partial charge on any atom is -0.376 e. The lowest BCUT2D eigenvalue weighted by molar-refractivity contribution is 0.0722. The molecule has 0 saturated carbocycles. The number of alkyl halides is 1. The molecule has 1 aromatic heterocycles. The third-order valence-corrected chi connectivity index (χ3v) is 4.15. The van der Waals surface area contributed by atoms with Crippen molar-refractivity contribution in [1.82, 2.24) is 14.3 Å². The Morgan fingerprint density at radius 2 is 2.21 bits per heavy atom. The summed E-state index contributed by atoms with van der Waals surface area (Å²) in [5.41, 5.74) is 9.66. The second kappa shape index (κ2) is 6.86. The van der Waals surface area contributed by atoms with Crippen LogP contribution >= 0.6 is 0 Å². The van der Waals surface area contributed by atoms with Crippen LogP contribution in [0.2, 0.25) is 0 Å². The zero-order chi connectivity index (χ0) is 17.1. The highest BCUT2D eigenvalue weighted by Gasteiger charge is 2.23. The Balaban J connectivity index is 1.90. The molecule has 0 saturated heterocycles. The lowest BCUT2D eigenvalue weighted by Gasteiger charge is -2.20. The van der Waals surface area contributed by atoms with E-state index >= 15 is 0 Å². The van der Waals surface area contributed by atoms with Crippen LogP contribution in [0.4, 0.5) is 4.39 Å². The number of halogens is 1. The average molecular weight is 332 g/mol. The lowest BCUT2D eigenvalue weighted by Crippen LogP contribution is -2.23. The SMILES string of the molecule is CO[C@H](c1ccc(-n2nc3n(c2=O)CCC3)cc1)[C@@H](CF)N=[N+]=[N-]. The average Bonchev–Trinajstić information content (AvgIpc) is 3.18. The Kier molecular flexibility index (Phi) is 4.64. The maximum Gasteiger partial charge on any atom is 0.350 e. The molecule has 1 aliphatic heterocycles. The molecule has 2 heterocycles. The van der Waals surface area contributed by atoms with Gasteiger partial charge in [0, 0.05) is 25.0 Å². The second-order valence-corrected chi connectivity index (χ2v) is 5.54. The number of hydrogen-bond donors (Lipinski definition) is 0. The molecule has 0 spiro atoms. The van der Waals surface area contributed by atoms with Crippen molar-refractivity contribution in [2.45, 2.75) is 31.5 Å². The summed E-state index contributed by atoms with van der Waals surface area (Å²) in [5, 5.41) is 7.77. The number of aromatic nitrogens is 3. The first-order chi connectivity index (χ1) is 11.7. The van der Waals surface area contributed by atoms with Gasteiger partial charge in [-0.3, -0.25) is 8.96 Å². The van der Waals surface area contributed by atoms with Crippen LogP contribution in [-0.4, -0.2) is 34.2 Å². The van der Waals surface area contributed by atoms with E-state index in [2.05, 4.69) is 15.1 Å². The highest BCUT2D eigenvalue weighted by atomic mass is 19.1. The van der Waals surface area contributed by atoms with Crippen molar-refractivity contribution in [3.8, 4) is 5.69 Å². The molecule has 3 rings (SSSR count). The largest absolute Gasteiger partial charge is 0.376 e. The Morgan fingerprint density at radius 3 is 2.79 bits per heavy atom. The van der Waals surface area contributed by atoms with Crippen molar-refractivity contribution in [2.75, 3.05) is 13.8 Å². The minimum absolute atomic E-state index is 0.158. The van der Waals surface area contributed by atoms with Gasteiger partial charge in [-0.1, -0.05) is 17.2 Å². The highest BCUT2D eigenvalue weighted by molar-refractivity contribution is 5.35. The number of aryl methyl sites for hydroxylation is 1. The smallest absolute Gasteiger partial charge is 0.350 e. The molecule has 0 amide bonds. The number of methoxy groups -OCH3 is 1. The first-order valence-electron chi connectivity index (χ1n) is 7.61. The molecule has 0 aliphatic carbocycles. The zero-order valence-electron chi connectivity index (χ0n) is 13.2. The van der Waals surface area contributed by atoms with Gasteiger partial charge in [0.05, 0.1) is 17.8 Å². The van der Waals surface area contributed by atoms with Crippen molar-refractivity contribution in [1.29, 1.82) is 0 Å². The third kappa shape index (κ3) is 2.79. The van der Waals surface area contributed by atoms with Gasteiger partial charge in [0.15, 0.2) is 0 Å². The Hall–Kier alpha value is -2.64. The monoisotopic (exact) mass is 332 g/mol. The number of benzene rings is 1. The van der Waals surface area contributed by atoms with Crippen molar-refractivity contribution in [3.05, 3.63) is 56.6 Å². The van der Waals surface area contributed by atoms with Gasteiger partial charge in [0.25, 0.3) is 0 Å². The van der Waals surface area contributed by atoms with Gasteiger partial charge in [0.2, 0.25) is 0 Å². The minimum atomic E-state index is -0.940. The van der Waals surface area contributed by atoms with E-state index < -0.39 is 18.8 Å². The van der Waals surface area contributed by atoms with E-state index in [-0.39, 0.29) is 5.69 Å². The zero-order valence-corrected chi connectivity index (χ0v) is 13.2. The first-order valence-corrected chi connectivity index (χ1v) is 7.61. The fourth-order valence-corrected chi connectivity index (χ4v) is 2.97. The molecule has 0 radical (unpaired) electrons. The van der Waals surface area contributed by atoms with E-state index in [1.54, 1.807) is 28.8 Å². The van der Waals surface area contributed by atoms with E-state index in [4.69, 9.17) is 10.3 Å². The summed E-state index contributed by atoms with van der Waals surface area (Å²) < 4.78 is 21.4. The number of ether oxygens (including phenoxy) is 1. The van der Waals surface area contributed by atoms with Crippen molar-refractivity contribution in [3.63, 3.8) is 0 Å². The normalized spacial score (nSPS) is 15.6. The fourth-order valence-electron chi connectivity index (χ4n) is 2.97. The van der Waals surface area contributed by atoms with Crippen molar-refractivity contribution >= 4 is 0 Å². The molecule has 0 fully saturated rings. The van der Waals surface area contributed by atoms with Crippen LogP contribution in [0.5, 0.6) is 0 Å². The molecule has 0 bridgehead atoms. The van der Waals surface area contributed by atoms with Crippen LogP contribution in [-0.2, 0) is 17.7 Å². The van der Waals surface area contributed by atoms with Crippen LogP contribution in [0.3, 0.4) is 0 Å². The van der Waals surface area contributed by atoms with Gasteiger partial charge in [-0.05, 0) is 29.6 Å².